The third-order valence-corrected chi connectivity index (χ3v) is 1.89. The molecule has 2 nitrogen and oxygen atoms in total. The minimum Gasteiger partial charge on any atom is -0.432 e. The molecule has 0 bridgehead atoms. The van der Waals surface area contributed by atoms with E-state index >= 15 is 0 Å². The average Bonchev–Trinajstić information content (AvgIpc) is 2.19. The van der Waals surface area contributed by atoms with Gasteiger partial charge in [-0.3, -0.25) is 0 Å². The fraction of sp³-hybridized carbons (Fsp3) is 0.154. The van der Waals surface area contributed by atoms with Gasteiger partial charge in [-0.15, -0.1) is 0 Å². The van der Waals surface area contributed by atoms with E-state index < -0.39 is 0 Å². The van der Waals surface area contributed by atoms with Crippen LogP contribution < -0.4 is 0 Å². The third kappa shape index (κ3) is 4.27. The average molecular weight is 202 g/mol. The van der Waals surface area contributed by atoms with Gasteiger partial charge in [0.15, 0.2) is 0 Å². The second-order valence-electron chi connectivity index (χ2n) is 3.26. The topological polar surface area (TPSA) is 26.3 Å². The Bertz CT molecular complexity index is 363. The van der Waals surface area contributed by atoms with Crippen LogP contribution in [0.4, 0.5) is 0 Å². The quantitative estimate of drug-likeness (QED) is 0.426. The maximum atomic E-state index is 11.1. The molecule has 0 spiro atoms. The molecule has 0 heterocycles. The molecule has 0 saturated heterocycles. The molecule has 0 saturated carbocycles. The number of rotatable bonds is 4. The molecule has 2 heteroatoms. The summed E-state index contributed by atoms with van der Waals surface area (Å²) in [5.41, 5.74) is 2.14. The minimum atomic E-state index is -0.376. The molecule has 78 valence electrons. The number of benzene rings is 1. The Morgan fingerprint density at radius 3 is 2.67 bits per heavy atom. The fourth-order valence-electron chi connectivity index (χ4n) is 1.29. The van der Waals surface area contributed by atoms with E-state index in [0.29, 0.717) is 0 Å². The molecule has 0 N–H and O–H groups in total. The fourth-order valence-corrected chi connectivity index (χ4v) is 1.29. The summed E-state index contributed by atoms with van der Waals surface area (Å²) in [6, 6.07) is 9.97. The first-order valence-corrected chi connectivity index (χ1v) is 4.75. The van der Waals surface area contributed by atoms with Crippen molar-refractivity contribution >= 4 is 5.97 Å². The molecule has 15 heavy (non-hydrogen) atoms. The SMILES string of the molecule is C=COC(=O)C=C(C)Cc1ccccc1. The molecular weight excluding hydrogens is 188 g/mol. The van der Waals surface area contributed by atoms with Crippen molar-refractivity contribution in [2.75, 3.05) is 0 Å². The van der Waals surface area contributed by atoms with Gasteiger partial charge in [0, 0.05) is 6.08 Å². The van der Waals surface area contributed by atoms with E-state index in [-0.39, 0.29) is 5.97 Å². The molecule has 0 unspecified atom stereocenters. The van der Waals surface area contributed by atoms with Gasteiger partial charge in [-0.2, -0.15) is 0 Å². The minimum absolute atomic E-state index is 0.376. The lowest BCUT2D eigenvalue weighted by Crippen LogP contribution is -1.96. The van der Waals surface area contributed by atoms with Crippen LogP contribution in [0.5, 0.6) is 0 Å². The van der Waals surface area contributed by atoms with E-state index in [4.69, 9.17) is 0 Å². The molecule has 0 aliphatic heterocycles. The van der Waals surface area contributed by atoms with E-state index in [1.807, 2.05) is 37.3 Å². The van der Waals surface area contributed by atoms with Gasteiger partial charge in [-0.1, -0.05) is 42.5 Å². The number of ether oxygens (including phenoxy) is 1. The number of hydrogen-bond acceptors (Lipinski definition) is 2. The first kappa shape index (κ1) is 11.2. The van der Waals surface area contributed by atoms with Crippen LogP contribution in [-0.2, 0) is 16.0 Å². The Kier molecular flexibility index (Phi) is 4.35. The van der Waals surface area contributed by atoms with Crippen LogP contribution in [0.25, 0.3) is 0 Å². The summed E-state index contributed by atoms with van der Waals surface area (Å²) in [6.45, 7) is 5.22. The Hall–Kier alpha value is -1.83. The van der Waals surface area contributed by atoms with Crippen molar-refractivity contribution in [2.45, 2.75) is 13.3 Å². The van der Waals surface area contributed by atoms with Crippen molar-refractivity contribution in [2.24, 2.45) is 0 Å². The smallest absolute Gasteiger partial charge is 0.335 e. The zero-order chi connectivity index (χ0) is 11.1. The number of carbonyl (C=O) groups excluding carboxylic acids is 1. The number of allylic oxidation sites excluding steroid dienone is 1. The molecular formula is C13H14O2. The van der Waals surface area contributed by atoms with Crippen molar-refractivity contribution in [1.29, 1.82) is 0 Å². The molecule has 0 aliphatic rings. The van der Waals surface area contributed by atoms with Crippen LogP contribution in [0, 0.1) is 0 Å². The number of hydrogen-bond donors (Lipinski definition) is 0. The van der Waals surface area contributed by atoms with Crippen molar-refractivity contribution in [3.63, 3.8) is 0 Å². The predicted molar refractivity (Wildman–Crippen MR) is 60.2 cm³/mol. The second kappa shape index (κ2) is 5.81. The van der Waals surface area contributed by atoms with Crippen LogP contribution in [0.15, 0.2) is 54.8 Å². The summed E-state index contributed by atoms with van der Waals surface area (Å²) >= 11 is 0. The predicted octanol–water partition coefficient (Wildman–Crippen LogP) is 2.86. The Balaban J connectivity index is 2.59. The molecule has 0 amide bonds. The van der Waals surface area contributed by atoms with E-state index in [9.17, 15) is 4.79 Å². The van der Waals surface area contributed by atoms with Gasteiger partial charge >= 0.3 is 5.97 Å². The van der Waals surface area contributed by atoms with E-state index in [2.05, 4.69) is 11.3 Å². The van der Waals surface area contributed by atoms with Gasteiger partial charge in [0.05, 0.1) is 6.26 Å². The highest BCUT2D eigenvalue weighted by molar-refractivity contribution is 5.83. The van der Waals surface area contributed by atoms with Crippen LogP contribution in [-0.4, -0.2) is 5.97 Å². The Morgan fingerprint density at radius 1 is 1.40 bits per heavy atom. The van der Waals surface area contributed by atoms with Crippen molar-refractivity contribution < 1.29 is 9.53 Å². The van der Waals surface area contributed by atoms with E-state index in [0.717, 1.165) is 18.3 Å². The van der Waals surface area contributed by atoms with Gasteiger partial charge < -0.3 is 4.74 Å². The molecule has 1 aromatic carbocycles. The standard InChI is InChI=1S/C13H14O2/c1-3-15-13(14)10-11(2)9-12-7-5-4-6-8-12/h3-8,10H,1,9H2,2H3. The molecule has 0 aromatic heterocycles. The van der Waals surface area contributed by atoms with Crippen molar-refractivity contribution in [3.05, 3.63) is 60.4 Å². The van der Waals surface area contributed by atoms with E-state index in [1.165, 1.54) is 11.6 Å². The zero-order valence-electron chi connectivity index (χ0n) is 8.77. The maximum absolute atomic E-state index is 11.1. The lowest BCUT2D eigenvalue weighted by Gasteiger charge is -2.00. The highest BCUT2D eigenvalue weighted by atomic mass is 16.5. The van der Waals surface area contributed by atoms with Crippen molar-refractivity contribution in [1.82, 2.24) is 0 Å². The number of carbonyl (C=O) groups is 1. The third-order valence-electron chi connectivity index (χ3n) is 1.89. The van der Waals surface area contributed by atoms with Gasteiger partial charge in [0.25, 0.3) is 0 Å². The molecule has 0 radical (unpaired) electrons. The first-order chi connectivity index (χ1) is 7.22. The second-order valence-corrected chi connectivity index (χ2v) is 3.26. The summed E-state index contributed by atoms with van der Waals surface area (Å²) in [5, 5.41) is 0. The molecule has 0 fully saturated rings. The van der Waals surface area contributed by atoms with E-state index in [1.54, 1.807) is 0 Å². The van der Waals surface area contributed by atoms with Gasteiger partial charge in [0.1, 0.15) is 0 Å². The summed E-state index contributed by atoms with van der Waals surface area (Å²) in [4.78, 5) is 11.1. The van der Waals surface area contributed by atoms with Crippen LogP contribution in [0.3, 0.4) is 0 Å². The highest BCUT2D eigenvalue weighted by Crippen LogP contribution is 2.07. The van der Waals surface area contributed by atoms with Crippen LogP contribution >= 0.6 is 0 Å². The summed E-state index contributed by atoms with van der Waals surface area (Å²) in [6.07, 6.45) is 3.37. The summed E-state index contributed by atoms with van der Waals surface area (Å²) < 4.78 is 4.60. The summed E-state index contributed by atoms with van der Waals surface area (Å²) in [5.74, 6) is -0.376. The first-order valence-electron chi connectivity index (χ1n) is 4.75. The Morgan fingerprint density at radius 2 is 2.07 bits per heavy atom. The summed E-state index contributed by atoms with van der Waals surface area (Å²) in [7, 11) is 0. The monoisotopic (exact) mass is 202 g/mol. The van der Waals surface area contributed by atoms with Gasteiger partial charge in [0.2, 0.25) is 0 Å². The van der Waals surface area contributed by atoms with Gasteiger partial charge in [-0.05, 0) is 18.9 Å². The van der Waals surface area contributed by atoms with Gasteiger partial charge in [-0.25, -0.2) is 4.79 Å². The maximum Gasteiger partial charge on any atom is 0.335 e. The Labute approximate surface area is 89.9 Å². The number of esters is 1. The highest BCUT2D eigenvalue weighted by Gasteiger charge is 1.98. The molecule has 0 atom stereocenters. The van der Waals surface area contributed by atoms with Crippen LogP contribution in [0.2, 0.25) is 0 Å². The molecule has 1 rings (SSSR count). The molecule has 1 aromatic rings. The lowest BCUT2D eigenvalue weighted by atomic mass is 10.1. The lowest BCUT2D eigenvalue weighted by molar-refractivity contribution is -0.132. The van der Waals surface area contributed by atoms with Crippen LogP contribution in [0.1, 0.15) is 12.5 Å². The normalized spacial score (nSPS) is 10.9. The zero-order valence-corrected chi connectivity index (χ0v) is 8.77. The van der Waals surface area contributed by atoms with Crippen molar-refractivity contribution in [3.8, 4) is 0 Å². The largest absolute Gasteiger partial charge is 0.432 e. The molecule has 0 aliphatic carbocycles.